The van der Waals surface area contributed by atoms with E-state index in [0.717, 1.165) is 16.9 Å². The lowest BCUT2D eigenvalue weighted by atomic mass is 9.75. The van der Waals surface area contributed by atoms with Crippen LogP contribution in [0.3, 0.4) is 0 Å². The van der Waals surface area contributed by atoms with Gasteiger partial charge in [-0.05, 0) is 47.9 Å². The van der Waals surface area contributed by atoms with E-state index in [-0.39, 0.29) is 0 Å². The Labute approximate surface area is 124 Å². The minimum Gasteiger partial charge on any atom is -0.370 e. The number of benzene rings is 1. The summed E-state index contributed by atoms with van der Waals surface area (Å²) < 4.78 is 0. The van der Waals surface area contributed by atoms with Gasteiger partial charge in [0.1, 0.15) is 0 Å². The number of hydrogen-bond donors (Lipinski definition) is 0. The summed E-state index contributed by atoms with van der Waals surface area (Å²) in [6, 6.07) is 4.44. The van der Waals surface area contributed by atoms with Crippen LogP contribution in [0.15, 0.2) is 36.4 Å². The maximum atomic E-state index is 6.45. The standard InChI is InChI=1S/C18H18ClN/c19-13-7-16-14-5-1-3-11(14)9-20-10-12-4-2-6-15(12)17(8-13)18(16)20/h1-2,5-8,11-12,14-15H,3-4,9-10H2/t11-,12+,14-,15-/m1/s1. The topological polar surface area (TPSA) is 3.24 Å². The van der Waals surface area contributed by atoms with Gasteiger partial charge in [0.15, 0.2) is 0 Å². The predicted molar refractivity (Wildman–Crippen MR) is 83.6 cm³/mol. The molecule has 0 fully saturated rings. The molecule has 1 aromatic carbocycles. The van der Waals surface area contributed by atoms with E-state index >= 15 is 0 Å². The van der Waals surface area contributed by atoms with Crippen LogP contribution >= 0.6 is 11.6 Å². The molecule has 0 spiro atoms. The van der Waals surface area contributed by atoms with Gasteiger partial charge in [-0.25, -0.2) is 0 Å². The summed E-state index contributed by atoms with van der Waals surface area (Å²) in [7, 11) is 0. The highest BCUT2D eigenvalue weighted by atomic mass is 35.5. The van der Waals surface area contributed by atoms with Crippen LogP contribution in [0.2, 0.25) is 5.02 Å². The van der Waals surface area contributed by atoms with Crippen LogP contribution in [-0.4, -0.2) is 13.1 Å². The third kappa shape index (κ3) is 1.39. The second-order valence-corrected chi connectivity index (χ2v) is 7.17. The number of anilines is 1. The lowest BCUT2D eigenvalue weighted by Crippen LogP contribution is -2.43. The lowest BCUT2D eigenvalue weighted by molar-refractivity contribution is 0.410. The molecular weight excluding hydrogens is 266 g/mol. The van der Waals surface area contributed by atoms with E-state index in [1.807, 2.05) is 0 Å². The van der Waals surface area contributed by atoms with E-state index in [2.05, 4.69) is 41.3 Å². The molecule has 2 aliphatic carbocycles. The van der Waals surface area contributed by atoms with Gasteiger partial charge in [0.25, 0.3) is 0 Å². The van der Waals surface area contributed by atoms with Gasteiger partial charge in [-0.2, -0.15) is 0 Å². The average Bonchev–Trinajstić information content (AvgIpc) is 3.06. The molecule has 2 heterocycles. The monoisotopic (exact) mass is 283 g/mol. The fraction of sp³-hybridized carbons (Fsp3) is 0.444. The van der Waals surface area contributed by atoms with Crippen molar-refractivity contribution in [1.82, 2.24) is 0 Å². The highest BCUT2D eigenvalue weighted by Crippen LogP contribution is 2.53. The van der Waals surface area contributed by atoms with E-state index in [0.29, 0.717) is 11.8 Å². The molecule has 4 aliphatic rings. The molecule has 1 nitrogen and oxygen atoms in total. The Morgan fingerprint density at radius 1 is 0.900 bits per heavy atom. The van der Waals surface area contributed by atoms with Crippen LogP contribution in [-0.2, 0) is 0 Å². The molecule has 0 unspecified atom stereocenters. The van der Waals surface area contributed by atoms with Crippen LogP contribution in [0.5, 0.6) is 0 Å². The Morgan fingerprint density at radius 2 is 1.45 bits per heavy atom. The van der Waals surface area contributed by atoms with Gasteiger partial charge in [-0.1, -0.05) is 35.9 Å². The van der Waals surface area contributed by atoms with Gasteiger partial charge in [0.05, 0.1) is 0 Å². The van der Waals surface area contributed by atoms with Gasteiger partial charge in [0.2, 0.25) is 0 Å². The summed E-state index contributed by atoms with van der Waals surface area (Å²) in [6.45, 7) is 2.45. The largest absolute Gasteiger partial charge is 0.370 e. The van der Waals surface area contributed by atoms with Crippen LogP contribution in [0.4, 0.5) is 5.69 Å². The Morgan fingerprint density at radius 3 is 2.00 bits per heavy atom. The first kappa shape index (κ1) is 11.4. The quantitative estimate of drug-likeness (QED) is 0.634. The lowest BCUT2D eigenvalue weighted by Gasteiger charge is -2.46. The molecule has 1 aromatic rings. The first-order valence-corrected chi connectivity index (χ1v) is 8.10. The second-order valence-electron chi connectivity index (χ2n) is 6.74. The molecule has 0 bridgehead atoms. The summed E-state index contributed by atoms with van der Waals surface area (Å²) in [4.78, 5) is 2.66. The molecule has 0 radical (unpaired) electrons. The van der Waals surface area contributed by atoms with Crippen molar-refractivity contribution in [2.24, 2.45) is 11.8 Å². The smallest absolute Gasteiger partial charge is 0.0444 e. The number of allylic oxidation sites excluding steroid dienone is 4. The maximum Gasteiger partial charge on any atom is 0.0444 e. The number of halogens is 1. The van der Waals surface area contributed by atoms with Crippen molar-refractivity contribution >= 4 is 17.3 Å². The van der Waals surface area contributed by atoms with Gasteiger partial charge >= 0.3 is 0 Å². The number of hydrogen-bond acceptors (Lipinski definition) is 1. The second kappa shape index (κ2) is 3.92. The molecule has 0 saturated carbocycles. The van der Waals surface area contributed by atoms with Crippen LogP contribution < -0.4 is 4.90 Å². The van der Waals surface area contributed by atoms with E-state index in [9.17, 15) is 0 Å². The van der Waals surface area contributed by atoms with Crippen LogP contribution in [0.25, 0.3) is 0 Å². The molecule has 0 N–H and O–H groups in total. The summed E-state index contributed by atoms with van der Waals surface area (Å²) in [5.74, 6) is 2.72. The zero-order valence-corrected chi connectivity index (χ0v) is 12.2. The SMILES string of the molecule is Clc1cc2c3c(c1)[C@@H]1C=CC[C@H]1CN3C[C@H]1CC=C[C@@H]21. The number of fused-ring (bicyclic) bond motifs is 4. The zero-order chi connectivity index (χ0) is 13.3. The average molecular weight is 284 g/mol. The normalized spacial score (nSPS) is 36.0. The van der Waals surface area contributed by atoms with Crippen LogP contribution in [0.1, 0.15) is 35.8 Å². The van der Waals surface area contributed by atoms with Crippen LogP contribution in [0, 0.1) is 11.8 Å². The molecule has 20 heavy (non-hydrogen) atoms. The van der Waals surface area contributed by atoms with Crippen molar-refractivity contribution in [3.05, 3.63) is 52.6 Å². The first-order valence-electron chi connectivity index (χ1n) is 7.73. The fourth-order valence-corrected chi connectivity index (χ4v) is 5.07. The maximum absolute atomic E-state index is 6.45. The van der Waals surface area contributed by atoms with Crippen molar-refractivity contribution in [1.29, 1.82) is 0 Å². The summed E-state index contributed by atoms with van der Waals surface area (Å²) >= 11 is 6.45. The minimum absolute atomic E-state index is 0.598. The third-order valence-corrected chi connectivity index (χ3v) is 5.88. The Balaban J connectivity index is 1.76. The molecule has 0 aromatic heterocycles. The molecule has 102 valence electrons. The minimum atomic E-state index is 0.598. The van der Waals surface area contributed by atoms with Gasteiger partial charge in [-0.3, -0.25) is 0 Å². The highest BCUT2D eigenvalue weighted by Gasteiger charge is 2.42. The van der Waals surface area contributed by atoms with Gasteiger partial charge in [-0.15, -0.1) is 0 Å². The number of nitrogens with zero attached hydrogens (tertiary/aromatic N) is 1. The van der Waals surface area contributed by atoms with Crippen molar-refractivity contribution in [2.75, 3.05) is 18.0 Å². The first-order chi connectivity index (χ1) is 9.81. The Hall–Kier alpha value is -1.21. The third-order valence-electron chi connectivity index (χ3n) is 5.66. The molecule has 4 atom stereocenters. The summed E-state index contributed by atoms with van der Waals surface area (Å²) in [5.41, 5.74) is 4.47. The Bertz CT molecular complexity index is 594. The predicted octanol–water partition coefficient (Wildman–Crippen LogP) is 4.49. The highest BCUT2D eigenvalue weighted by molar-refractivity contribution is 6.30. The van der Waals surface area contributed by atoms with Crippen molar-refractivity contribution in [2.45, 2.75) is 24.7 Å². The van der Waals surface area contributed by atoms with E-state index in [4.69, 9.17) is 11.6 Å². The molecule has 0 amide bonds. The Kier molecular flexibility index (Phi) is 2.24. The van der Waals surface area contributed by atoms with Crippen molar-refractivity contribution in [3.63, 3.8) is 0 Å². The molecule has 2 aliphatic heterocycles. The molecule has 0 saturated heterocycles. The molecule has 5 rings (SSSR count). The zero-order valence-electron chi connectivity index (χ0n) is 11.4. The fourth-order valence-electron chi connectivity index (χ4n) is 4.84. The number of rotatable bonds is 0. The van der Waals surface area contributed by atoms with Gasteiger partial charge in [0, 0.05) is 35.6 Å². The van der Waals surface area contributed by atoms with Gasteiger partial charge < -0.3 is 4.90 Å². The summed E-state index contributed by atoms with van der Waals surface area (Å²) in [5, 5.41) is 0.917. The molecule has 2 heteroatoms. The summed E-state index contributed by atoms with van der Waals surface area (Å²) in [6.07, 6.45) is 12.0. The van der Waals surface area contributed by atoms with E-state index < -0.39 is 0 Å². The van der Waals surface area contributed by atoms with E-state index in [1.165, 1.54) is 42.7 Å². The molecular formula is C18H18ClN. The van der Waals surface area contributed by atoms with Crippen molar-refractivity contribution < 1.29 is 0 Å². The van der Waals surface area contributed by atoms with Crippen molar-refractivity contribution in [3.8, 4) is 0 Å². The van der Waals surface area contributed by atoms with E-state index in [1.54, 1.807) is 0 Å².